The maximum Gasteiger partial charge on any atom is 0.301 e. The minimum atomic E-state index is -0.459. The van der Waals surface area contributed by atoms with E-state index < -0.39 is 11.1 Å². The van der Waals surface area contributed by atoms with Gasteiger partial charge in [-0.1, -0.05) is 0 Å². The van der Waals surface area contributed by atoms with Crippen LogP contribution in [0.15, 0.2) is 18.2 Å². The number of hydrogen-bond donors (Lipinski definition) is 1. The molecule has 0 radical (unpaired) electrons. The Labute approximate surface area is 125 Å². The molecule has 1 fully saturated rings. The number of fused-ring (bicyclic) bond motifs is 1. The molecule has 21 heavy (non-hydrogen) atoms. The summed E-state index contributed by atoms with van der Waals surface area (Å²) < 4.78 is 17.4. The van der Waals surface area contributed by atoms with Gasteiger partial charge in [0.2, 0.25) is 6.79 Å². The molecule has 0 aliphatic carbocycles. The lowest BCUT2D eigenvalue weighted by atomic mass is 10.2. The third-order valence-electron chi connectivity index (χ3n) is 3.03. The van der Waals surface area contributed by atoms with E-state index in [-0.39, 0.29) is 6.79 Å². The molecule has 0 unspecified atom stereocenters. The second-order valence-electron chi connectivity index (χ2n) is 4.44. The highest BCUT2D eigenvalue weighted by Gasteiger charge is 2.20. The zero-order valence-electron chi connectivity index (χ0n) is 11.2. The molecule has 8 heteroatoms. The average Bonchev–Trinajstić information content (AvgIpc) is 2.95. The van der Waals surface area contributed by atoms with E-state index in [1.165, 1.54) is 0 Å². The fourth-order valence-electron chi connectivity index (χ4n) is 1.98. The molecule has 3 rings (SSSR count). The van der Waals surface area contributed by atoms with Crippen LogP contribution in [-0.4, -0.2) is 48.5 Å². The fourth-order valence-corrected chi connectivity index (χ4v) is 2.69. The lowest BCUT2D eigenvalue weighted by Gasteiger charge is -2.24. The number of amides is 2. The van der Waals surface area contributed by atoms with Crippen molar-refractivity contribution in [2.45, 2.75) is 0 Å². The molecule has 2 aliphatic heterocycles. The molecule has 0 spiro atoms. The molecular weight excluding hydrogens is 296 g/mol. The maximum atomic E-state index is 12.0. The second kappa shape index (κ2) is 6.33. The van der Waals surface area contributed by atoms with Crippen molar-refractivity contribution >= 4 is 23.1 Å². The number of nitrogens with zero attached hydrogens (tertiary/aromatic N) is 1. The van der Waals surface area contributed by atoms with E-state index in [2.05, 4.69) is 5.32 Å². The Balaban J connectivity index is 1.56. The average molecular weight is 310 g/mol. The number of hydrogen-bond acceptors (Lipinski definition) is 7. The lowest BCUT2D eigenvalue weighted by molar-refractivity contribution is 0.0775. The first kappa shape index (κ1) is 14.2. The molecule has 2 amide bonds. The summed E-state index contributed by atoms with van der Waals surface area (Å²) in [5.74, 6) is 0.649. The van der Waals surface area contributed by atoms with Crippen LogP contribution in [0.25, 0.3) is 0 Å². The van der Waals surface area contributed by atoms with Crippen LogP contribution < -0.4 is 14.8 Å². The van der Waals surface area contributed by atoms with Gasteiger partial charge in [-0.2, -0.15) is 0 Å². The Morgan fingerprint density at radius 3 is 2.71 bits per heavy atom. The number of ether oxygens (including phenoxy) is 3. The highest BCUT2D eigenvalue weighted by atomic mass is 32.2. The lowest BCUT2D eigenvalue weighted by Crippen LogP contribution is -2.35. The predicted octanol–water partition coefficient (Wildman–Crippen LogP) is 1.25. The van der Waals surface area contributed by atoms with Crippen molar-refractivity contribution < 1.29 is 23.8 Å². The minimum absolute atomic E-state index is 0.145. The van der Waals surface area contributed by atoms with E-state index in [0.717, 1.165) is 11.9 Å². The van der Waals surface area contributed by atoms with E-state index in [0.29, 0.717) is 43.4 Å². The molecule has 0 aromatic heterocycles. The van der Waals surface area contributed by atoms with E-state index >= 15 is 0 Å². The zero-order chi connectivity index (χ0) is 14.7. The van der Waals surface area contributed by atoms with Gasteiger partial charge < -0.3 is 14.2 Å². The van der Waals surface area contributed by atoms with Gasteiger partial charge in [0.1, 0.15) is 0 Å². The van der Waals surface area contributed by atoms with Crippen molar-refractivity contribution in [2.24, 2.45) is 0 Å². The minimum Gasteiger partial charge on any atom is -0.454 e. The quantitative estimate of drug-likeness (QED) is 0.824. The summed E-state index contributed by atoms with van der Waals surface area (Å²) in [5.41, 5.74) is 0.357. The van der Waals surface area contributed by atoms with Crippen molar-refractivity contribution in [1.29, 1.82) is 0 Å². The first-order valence-electron chi connectivity index (χ1n) is 6.48. The summed E-state index contributed by atoms with van der Waals surface area (Å²) in [5, 5.41) is 1.94. The largest absolute Gasteiger partial charge is 0.454 e. The van der Waals surface area contributed by atoms with Crippen LogP contribution in [0.3, 0.4) is 0 Å². The van der Waals surface area contributed by atoms with Gasteiger partial charge in [-0.15, -0.1) is 0 Å². The van der Waals surface area contributed by atoms with Crippen LogP contribution in [-0.2, 0) is 4.74 Å². The molecule has 0 saturated carbocycles. The number of nitrogens with one attached hydrogen (secondary N) is 1. The molecule has 2 aliphatic rings. The Morgan fingerprint density at radius 1 is 1.14 bits per heavy atom. The SMILES string of the molecule is O=C(NC(=O)c1ccc2c(c1)OCO2)SN1CCOCC1. The van der Waals surface area contributed by atoms with Crippen molar-refractivity contribution in [3.8, 4) is 11.5 Å². The summed E-state index contributed by atoms with van der Waals surface area (Å²) in [6.45, 7) is 2.66. The van der Waals surface area contributed by atoms with E-state index in [4.69, 9.17) is 14.2 Å². The molecule has 1 aromatic rings. The maximum absolute atomic E-state index is 12.0. The molecule has 1 aromatic carbocycles. The topological polar surface area (TPSA) is 77.1 Å². The van der Waals surface area contributed by atoms with Crippen LogP contribution in [0.4, 0.5) is 4.79 Å². The van der Waals surface area contributed by atoms with Crippen LogP contribution in [0.1, 0.15) is 10.4 Å². The third-order valence-corrected chi connectivity index (χ3v) is 3.92. The molecule has 112 valence electrons. The fraction of sp³-hybridized carbons (Fsp3) is 0.385. The van der Waals surface area contributed by atoms with Gasteiger partial charge in [0.25, 0.3) is 5.91 Å². The third kappa shape index (κ3) is 3.46. The molecule has 0 bridgehead atoms. The van der Waals surface area contributed by atoms with Crippen molar-refractivity contribution in [1.82, 2.24) is 9.62 Å². The highest BCUT2D eigenvalue weighted by Crippen LogP contribution is 2.32. The normalized spacial score (nSPS) is 17.5. The molecule has 0 atom stereocenters. The summed E-state index contributed by atoms with van der Waals surface area (Å²) in [6.07, 6.45) is 0. The summed E-state index contributed by atoms with van der Waals surface area (Å²) >= 11 is 0.996. The molecule has 2 heterocycles. The summed E-state index contributed by atoms with van der Waals surface area (Å²) in [6, 6.07) is 4.80. The molecule has 1 N–H and O–H groups in total. The highest BCUT2D eigenvalue weighted by molar-refractivity contribution is 8.11. The second-order valence-corrected chi connectivity index (χ2v) is 5.51. The van der Waals surface area contributed by atoms with Crippen LogP contribution in [0, 0.1) is 0 Å². The van der Waals surface area contributed by atoms with E-state index in [9.17, 15) is 9.59 Å². The van der Waals surface area contributed by atoms with Crippen molar-refractivity contribution in [3.05, 3.63) is 23.8 Å². The molecule has 7 nitrogen and oxygen atoms in total. The number of morpholine rings is 1. The zero-order valence-corrected chi connectivity index (χ0v) is 12.0. The van der Waals surface area contributed by atoms with Gasteiger partial charge >= 0.3 is 5.24 Å². The standard InChI is InChI=1S/C13H14N2O5S/c16-12(9-1-2-10-11(7-9)20-8-19-10)14-13(17)21-15-3-5-18-6-4-15/h1-2,7H,3-6,8H2,(H,14,16,17). The van der Waals surface area contributed by atoms with Crippen LogP contribution >= 0.6 is 11.9 Å². The molecule has 1 saturated heterocycles. The smallest absolute Gasteiger partial charge is 0.301 e. The van der Waals surface area contributed by atoms with Crippen molar-refractivity contribution in [3.63, 3.8) is 0 Å². The van der Waals surface area contributed by atoms with Gasteiger partial charge in [0.15, 0.2) is 11.5 Å². The predicted molar refractivity (Wildman–Crippen MR) is 75.4 cm³/mol. The van der Waals surface area contributed by atoms with Gasteiger partial charge in [-0.3, -0.25) is 14.9 Å². The van der Waals surface area contributed by atoms with E-state index in [1.54, 1.807) is 18.2 Å². The van der Waals surface area contributed by atoms with Crippen LogP contribution in [0.2, 0.25) is 0 Å². The Hall–Kier alpha value is -1.77. The Kier molecular flexibility index (Phi) is 4.28. The summed E-state index contributed by atoms with van der Waals surface area (Å²) in [4.78, 5) is 23.8. The van der Waals surface area contributed by atoms with Gasteiger partial charge in [0, 0.05) is 30.6 Å². The number of imide groups is 1. The number of carbonyl (C=O) groups excluding carboxylic acids is 2. The monoisotopic (exact) mass is 310 g/mol. The Bertz CT molecular complexity index is 559. The van der Waals surface area contributed by atoms with E-state index in [1.807, 2.05) is 4.31 Å². The first-order valence-corrected chi connectivity index (χ1v) is 7.25. The van der Waals surface area contributed by atoms with Gasteiger partial charge in [-0.05, 0) is 18.2 Å². The Morgan fingerprint density at radius 2 is 1.90 bits per heavy atom. The van der Waals surface area contributed by atoms with Crippen LogP contribution in [0.5, 0.6) is 11.5 Å². The summed E-state index contributed by atoms with van der Waals surface area (Å²) in [7, 11) is 0. The number of rotatable bonds is 2. The van der Waals surface area contributed by atoms with Gasteiger partial charge in [-0.25, -0.2) is 4.31 Å². The first-order chi connectivity index (χ1) is 10.2. The number of benzene rings is 1. The van der Waals surface area contributed by atoms with Crippen molar-refractivity contribution in [2.75, 3.05) is 33.1 Å². The number of carbonyl (C=O) groups is 2. The van der Waals surface area contributed by atoms with Gasteiger partial charge in [0.05, 0.1) is 13.2 Å². The molecular formula is C13H14N2O5S.